The van der Waals surface area contributed by atoms with Crippen LogP contribution >= 0.6 is 11.6 Å². The second-order valence-electron chi connectivity index (χ2n) is 3.93. The zero-order chi connectivity index (χ0) is 15.6. The average Bonchev–Trinajstić information content (AvgIpc) is 2.43. The maximum Gasteiger partial charge on any atom is 0.337 e. The number of carbonyl (C=O) groups excluding carboxylic acids is 1. The van der Waals surface area contributed by atoms with Gasteiger partial charge >= 0.3 is 5.97 Å². The maximum absolute atomic E-state index is 13.1. The van der Waals surface area contributed by atoms with Crippen LogP contribution < -0.4 is 5.32 Å². The van der Waals surface area contributed by atoms with E-state index in [2.05, 4.69) is 10.3 Å². The van der Waals surface area contributed by atoms with Crippen LogP contribution in [0.4, 0.5) is 14.5 Å². The van der Waals surface area contributed by atoms with Gasteiger partial charge in [-0.25, -0.2) is 13.6 Å². The van der Waals surface area contributed by atoms with E-state index in [1.165, 1.54) is 12.3 Å². The number of carbonyl (C=O) groups is 2. The van der Waals surface area contributed by atoms with Gasteiger partial charge in [0.05, 0.1) is 28.0 Å². The summed E-state index contributed by atoms with van der Waals surface area (Å²) in [5.41, 5.74) is -0.608. The third-order valence-corrected chi connectivity index (χ3v) is 2.87. The summed E-state index contributed by atoms with van der Waals surface area (Å²) < 4.78 is 26.1. The fraction of sp³-hybridized carbons (Fsp3) is 0. The molecule has 108 valence electrons. The molecule has 0 fully saturated rings. The van der Waals surface area contributed by atoms with Crippen molar-refractivity contribution in [3.05, 3.63) is 58.4 Å². The number of carboxylic acid groups (broad SMARTS) is 1. The van der Waals surface area contributed by atoms with Gasteiger partial charge in [0.2, 0.25) is 0 Å². The number of carboxylic acids is 1. The summed E-state index contributed by atoms with van der Waals surface area (Å²) in [7, 11) is 0. The van der Waals surface area contributed by atoms with Crippen molar-refractivity contribution in [2.45, 2.75) is 0 Å². The van der Waals surface area contributed by atoms with Crippen molar-refractivity contribution < 1.29 is 23.5 Å². The maximum atomic E-state index is 13.1. The third-order valence-electron chi connectivity index (χ3n) is 2.55. The van der Waals surface area contributed by atoms with E-state index in [4.69, 9.17) is 16.7 Å². The highest BCUT2D eigenvalue weighted by atomic mass is 35.5. The van der Waals surface area contributed by atoms with E-state index in [9.17, 15) is 18.4 Å². The quantitative estimate of drug-likeness (QED) is 0.854. The van der Waals surface area contributed by atoms with Crippen molar-refractivity contribution >= 4 is 29.2 Å². The van der Waals surface area contributed by atoms with Gasteiger partial charge in [-0.05, 0) is 18.2 Å². The van der Waals surface area contributed by atoms with Gasteiger partial charge in [0, 0.05) is 6.20 Å². The average molecular weight is 313 g/mol. The fourth-order valence-electron chi connectivity index (χ4n) is 1.57. The van der Waals surface area contributed by atoms with Crippen LogP contribution in [0.5, 0.6) is 0 Å². The summed E-state index contributed by atoms with van der Waals surface area (Å²) in [6.07, 6.45) is 2.36. The second-order valence-corrected chi connectivity index (χ2v) is 4.33. The van der Waals surface area contributed by atoms with Crippen molar-refractivity contribution in [3.63, 3.8) is 0 Å². The molecule has 1 aromatic heterocycles. The van der Waals surface area contributed by atoms with Crippen LogP contribution in [0.25, 0.3) is 0 Å². The molecule has 0 radical (unpaired) electrons. The number of aromatic carboxylic acids is 1. The van der Waals surface area contributed by atoms with E-state index in [1.807, 2.05) is 0 Å². The first-order valence-corrected chi connectivity index (χ1v) is 5.91. The molecule has 0 saturated carbocycles. The smallest absolute Gasteiger partial charge is 0.337 e. The lowest BCUT2D eigenvalue weighted by Gasteiger charge is -2.09. The molecule has 0 aliphatic heterocycles. The highest BCUT2D eigenvalue weighted by molar-refractivity contribution is 6.34. The van der Waals surface area contributed by atoms with Crippen molar-refractivity contribution in [3.8, 4) is 0 Å². The van der Waals surface area contributed by atoms with Crippen LogP contribution in [0, 0.1) is 11.6 Å². The predicted molar refractivity (Wildman–Crippen MR) is 70.5 cm³/mol. The molecule has 1 amide bonds. The topological polar surface area (TPSA) is 79.3 Å². The van der Waals surface area contributed by atoms with Crippen LogP contribution in [0.2, 0.25) is 5.02 Å². The molecule has 0 aliphatic rings. The molecule has 0 spiro atoms. The lowest BCUT2D eigenvalue weighted by Crippen LogP contribution is -2.16. The number of rotatable bonds is 3. The Hall–Kier alpha value is -2.54. The van der Waals surface area contributed by atoms with E-state index < -0.39 is 23.5 Å². The highest BCUT2D eigenvalue weighted by Gasteiger charge is 2.18. The number of hydrogen-bond acceptors (Lipinski definition) is 3. The van der Waals surface area contributed by atoms with E-state index in [0.29, 0.717) is 12.1 Å². The molecule has 2 N–H and O–H groups in total. The molecular weight excluding hydrogens is 306 g/mol. The molecule has 0 unspecified atom stereocenters. The van der Waals surface area contributed by atoms with Gasteiger partial charge in [0.25, 0.3) is 5.91 Å². The summed E-state index contributed by atoms with van der Waals surface area (Å²) in [4.78, 5) is 26.6. The van der Waals surface area contributed by atoms with Gasteiger partial charge < -0.3 is 10.4 Å². The molecule has 2 rings (SSSR count). The van der Waals surface area contributed by atoms with Gasteiger partial charge in [-0.15, -0.1) is 0 Å². The number of aromatic nitrogens is 1. The minimum Gasteiger partial charge on any atom is -0.478 e. The lowest BCUT2D eigenvalue weighted by atomic mass is 10.1. The zero-order valence-electron chi connectivity index (χ0n) is 10.2. The van der Waals surface area contributed by atoms with Crippen molar-refractivity contribution in [2.75, 3.05) is 5.32 Å². The number of nitrogens with one attached hydrogen (secondary N) is 1. The van der Waals surface area contributed by atoms with Crippen LogP contribution in [-0.4, -0.2) is 22.0 Å². The summed E-state index contributed by atoms with van der Waals surface area (Å²) in [5, 5.41) is 10.9. The minimum atomic E-state index is -1.27. The number of anilines is 1. The number of halogens is 3. The van der Waals surface area contributed by atoms with Crippen molar-refractivity contribution in [1.29, 1.82) is 0 Å². The minimum absolute atomic E-state index is 0.0872. The Labute approximate surface area is 122 Å². The van der Waals surface area contributed by atoms with Crippen LogP contribution in [0.15, 0.2) is 30.6 Å². The Bertz CT molecular complexity index is 737. The number of benzene rings is 1. The molecule has 5 nitrogen and oxygen atoms in total. The summed E-state index contributed by atoms with van der Waals surface area (Å²) in [6.45, 7) is 0. The first-order chi connectivity index (χ1) is 9.90. The molecule has 0 bridgehead atoms. The summed E-state index contributed by atoms with van der Waals surface area (Å²) in [5.74, 6) is -4.59. The van der Waals surface area contributed by atoms with E-state index >= 15 is 0 Å². The molecule has 2 aromatic rings. The molecule has 0 atom stereocenters. The standard InChI is InChI=1S/C13H7ClF2N2O3/c14-8-4-10(16)9(15)3-7(8)12(19)18-11-5-17-2-1-6(11)13(20)21/h1-5H,(H,18,19)(H,20,21). The van der Waals surface area contributed by atoms with Crippen molar-refractivity contribution in [2.24, 2.45) is 0 Å². The molecule has 0 saturated heterocycles. The second kappa shape index (κ2) is 5.84. The normalized spacial score (nSPS) is 10.2. The molecule has 1 aromatic carbocycles. The largest absolute Gasteiger partial charge is 0.478 e. The Kier molecular flexibility index (Phi) is 4.13. The first-order valence-electron chi connectivity index (χ1n) is 5.53. The summed E-state index contributed by atoms with van der Waals surface area (Å²) >= 11 is 5.67. The molecule has 21 heavy (non-hydrogen) atoms. The third kappa shape index (κ3) is 3.14. The Balaban J connectivity index is 2.35. The molecule has 1 heterocycles. The van der Waals surface area contributed by atoms with Crippen LogP contribution in [-0.2, 0) is 0 Å². The molecule has 0 aliphatic carbocycles. The number of amides is 1. The Morgan fingerprint density at radius 2 is 1.86 bits per heavy atom. The Morgan fingerprint density at radius 3 is 2.52 bits per heavy atom. The zero-order valence-corrected chi connectivity index (χ0v) is 11.0. The number of hydrogen-bond donors (Lipinski definition) is 2. The SMILES string of the molecule is O=C(Nc1cnccc1C(=O)O)c1cc(F)c(F)cc1Cl. The van der Waals surface area contributed by atoms with E-state index in [1.54, 1.807) is 0 Å². The van der Waals surface area contributed by atoms with Gasteiger partial charge in [0.1, 0.15) is 0 Å². The monoisotopic (exact) mass is 312 g/mol. The van der Waals surface area contributed by atoms with Gasteiger partial charge in [-0.3, -0.25) is 9.78 Å². The number of pyridine rings is 1. The van der Waals surface area contributed by atoms with Gasteiger partial charge in [0.15, 0.2) is 11.6 Å². The van der Waals surface area contributed by atoms with Crippen LogP contribution in [0.1, 0.15) is 20.7 Å². The predicted octanol–water partition coefficient (Wildman–Crippen LogP) is 2.96. The summed E-state index contributed by atoms with van der Waals surface area (Å²) in [6, 6.07) is 2.47. The van der Waals surface area contributed by atoms with E-state index in [0.717, 1.165) is 6.20 Å². The number of nitrogens with zero attached hydrogens (tertiary/aromatic N) is 1. The Morgan fingerprint density at radius 1 is 1.19 bits per heavy atom. The molecular formula is C13H7ClF2N2O3. The van der Waals surface area contributed by atoms with E-state index in [-0.39, 0.29) is 21.8 Å². The highest BCUT2D eigenvalue weighted by Crippen LogP contribution is 2.22. The fourth-order valence-corrected chi connectivity index (χ4v) is 1.80. The van der Waals surface area contributed by atoms with Gasteiger partial charge in [-0.2, -0.15) is 0 Å². The van der Waals surface area contributed by atoms with Crippen molar-refractivity contribution in [1.82, 2.24) is 4.98 Å². The molecule has 8 heteroatoms. The van der Waals surface area contributed by atoms with Crippen LogP contribution in [0.3, 0.4) is 0 Å². The first kappa shape index (κ1) is 14.9. The van der Waals surface area contributed by atoms with Gasteiger partial charge in [-0.1, -0.05) is 11.6 Å². The lowest BCUT2D eigenvalue weighted by molar-refractivity contribution is 0.0698.